The average Bonchev–Trinajstić information content (AvgIpc) is 2.61. The van der Waals surface area contributed by atoms with Gasteiger partial charge in [0.2, 0.25) is 0 Å². The third-order valence-corrected chi connectivity index (χ3v) is 4.92. The molecule has 2 N–H and O–H groups in total. The van der Waals surface area contributed by atoms with Gasteiger partial charge in [0, 0.05) is 24.5 Å². The first-order valence-electron chi connectivity index (χ1n) is 6.86. The lowest BCUT2D eigenvalue weighted by Crippen LogP contribution is -2.53. The van der Waals surface area contributed by atoms with Crippen LogP contribution in [-0.4, -0.2) is 48.3 Å². The maximum Gasteiger partial charge on any atom is 0.0601 e. The van der Waals surface area contributed by atoms with E-state index in [1.54, 1.807) is 0 Å². The fourth-order valence-corrected chi connectivity index (χ4v) is 4.22. The molecule has 0 aromatic carbocycles. The molecule has 3 heteroatoms. The summed E-state index contributed by atoms with van der Waals surface area (Å²) in [7, 11) is 2.21. The van der Waals surface area contributed by atoms with E-state index in [1.807, 2.05) is 0 Å². The molecule has 0 amide bonds. The van der Waals surface area contributed by atoms with Gasteiger partial charge in [0.25, 0.3) is 0 Å². The van der Waals surface area contributed by atoms with Crippen molar-refractivity contribution < 1.29 is 5.11 Å². The fourth-order valence-electron chi connectivity index (χ4n) is 4.22. The van der Waals surface area contributed by atoms with Gasteiger partial charge in [-0.25, -0.2) is 0 Å². The summed E-state index contributed by atoms with van der Waals surface area (Å²) >= 11 is 0. The Balaban J connectivity index is 1.71. The first-order chi connectivity index (χ1) is 7.74. The molecule has 2 bridgehead atoms. The third-order valence-electron chi connectivity index (χ3n) is 4.92. The van der Waals surface area contributed by atoms with Crippen LogP contribution in [0.4, 0.5) is 0 Å². The number of aliphatic hydroxyl groups is 1. The largest absolute Gasteiger partial charge is 0.393 e. The molecule has 0 aromatic rings. The molecule has 3 aliphatic heterocycles. The molecular weight excluding hydrogens is 200 g/mol. The summed E-state index contributed by atoms with van der Waals surface area (Å²) in [4.78, 5) is 2.43. The highest BCUT2D eigenvalue weighted by molar-refractivity contribution is 5.00. The SMILES string of the molecule is CN1CCCC(C2C(O)CC3CCC2N3)C1. The smallest absolute Gasteiger partial charge is 0.0601 e. The van der Waals surface area contributed by atoms with Crippen LogP contribution in [0.15, 0.2) is 0 Å². The standard InChI is InChI=1S/C13H24N2O/c1-15-6-2-3-9(8-15)13-11-5-4-10(14-11)7-12(13)16/h9-14,16H,2-8H2,1H3. The lowest BCUT2D eigenvalue weighted by Gasteiger charge is -2.43. The van der Waals surface area contributed by atoms with Gasteiger partial charge in [-0.1, -0.05) is 0 Å². The highest BCUT2D eigenvalue weighted by Gasteiger charge is 2.44. The Bertz CT molecular complexity index is 258. The van der Waals surface area contributed by atoms with Gasteiger partial charge in [-0.3, -0.25) is 0 Å². The van der Waals surface area contributed by atoms with Crippen LogP contribution >= 0.6 is 0 Å². The van der Waals surface area contributed by atoms with Crippen molar-refractivity contribution in [1.82, 2.24) is 10.2 Å². The van der Waals surface area contributed by atoms with E-state index in [9.17, 15) is 5.11 Å². The average molecular weight is 224 g/mol. The van der Waals surface area contributed by atoms with Crippen LogP contribution in [0.25, 0.3) is 0 Å². The second-order valence-electron chi connectivity index (χ2n) is 6.09. The number of hydrogen-bond acceptors (Lipinski definition) is 3. The first kappa shape index (κ1) is 11.0. The number of fused-ring (bicyclic) bond motifs is 2. The predicted octanol–water partition coefficient (Wildman–Crippen LogP) is 0.830. The fraction of sp³-hybridized carbons (Fsp3) is 1.00. The molecule has 3 aliphatic rings. The van der Waals surface area contributed by atoms with Gasteiger partial charge in [-0.2, -0.15) is 0 Å². The zero-order valence-corrected chi connectivity index (χ0v) is 10.2. The lowest BCUT2D eigenvalue weighted by atomic mass is 9.75. The van der Waals surface area contributed by atoms with Crippen molar-refractivity contribution in [3.8, 4) is 0 Å². The summed E-state index contributed by atoms with van der Waals surface area (Å²) < 4.78 is 0. The van der Waals surface area contributed by atoms with E-state index in [1.165, 1.54) is 38.8 Å². The minimum absolute atomic E-state index is 0.0461. The van der Waals surface area contributed by atoms with E-state index < -0.39 is 0 Å². The highest BCUT2D eigenvalue weighted by atomic mass is 16.3. The van der Waals surface area contributed by atoms with E-state index in [2.05, 4.69) is 17.3 Å². The van der Waals surface area contributed by atoms with E-state index in [0.29, 0.717) is 23.9 Å². The quantitative estimate of drug-likeness (QED) is 0.692. The number of aliphatic hydroxyl groups excluding tert-OH is 1. The molecule has 3 fully saturated rings. The van der Waals surface area contributed by atoms with Crippen LogP contribution in [-0.2, 0) is 0 Å². The Labute approximate surface area is 98.2 Å². The molecule has 0 saturated carbocycles. The number of hydrogen-bond donors (Lipinski definition) is 2. The molecular formula is C13H24N2O. The maximum atomic E-state index is 10.3. The lowest BCUT2D eigenvalue weighted by molar-refractivity contribution is -0.000433. The Kier molecular flexibility index (Phi) is 2.94. The molecule has 92 valence electrons. The third kappa shape index (κ3) is 1.89. The number of nitrogens with one attached hydrogen (secondary N) is 1. The summed E-state index contributed by atoms with van der Waals surface area (Å²) in [6, 6.07) is 1.21. The van der Waals surface area contributed by atoms with Gasteiger partial charge < -0.3 is 15.3 Å². The van der Waals surface area contributed by atoms with E-state index >= 15 is 0 Å². The summed E-state index contributed by atoms with van der Waals surface area (Å²) in [6.07, 6.45) is 6.12. The Morgan fingerprint density at radius 1 is 1.25 bits per heavy atom. The minimum Gasteiger partial charge on any atom is -0.393 e. The summed E-state index contributed by atoms with van der Waals surface area (Å²) in [5.41, 5.74) is 0. The van der Waals surface area contributed by atoms with Gasteiger partial charge in [0.05, 0.1) is 6.10 Å². The van der Waals surface area contributed by atoms with Gasteiger partial charge in [0.15, 0.2) is 0 Å². The molecule has 0 aliphatic carbocycles. The van der Waals surface area contributed by atoms with Gasteiger partial charge in [-0.05, 0) is 51.6 Å². The van der Waals surface area contributed by atoms with Crippen molar-refractivity contribution in [3.63, 3.8) is 0 Å². The van der Waals surface area contributed by atoms with Crippen molar-refractivity contribution in [2.24, 2.45) is 11.8 Å². The Morgan fingerprint density at radius 2 is 2.12 bits per heavy atom. The van der Waals surface area contributed by atoms with E-state index in [-0.39, 0.29) is 6.10 Å². The molecule has 3 heterocycles. The van der Waals surface area contributed by atoms with Crippen LogP contribution in [0.5, 0.6) is 0 Å². The van der Waals surface area contributed by atoms with Crippen LogP contribution in [0.3, 0.4) is 0 Å². The Morgan fingerprint density at radius 3 is 2.94 bits per heavy atom. The summed E-state index contributed by atoms with van der Waals surface area (Å²) in [6.45, 7) is 2.42. The van der Waals surface area contributed by atoms with Crippen molar-refractivity contribution >= 4 is 0 Å². The van der Waals surface area contributed by atoms with Gasteiger partial charge >= 0.3 is 0 Å². The van der Waals surface area contributed by atoms with Gasteiger partial charge in [0.1, 0.15) is 0 Å². The topological polar surface area (TPSA) is 35.5 Å². The van der Waals surface area contributed by atoms with Crippen molar-refractivity contribution in [1.29, 1.82) is 0 Å². The predicted molar refractivity (Wildman–Crippen MR) is 64.3 cm³/mol. The van der Waals surface area contributed by atoms with Crippen LogP contribution in [0, 0.1) is 11.8 Å². The highest BCUT2D eigenvalue weighted by Crippen LogP contribution is 2.38. The minimum atomic E-state index is -0.0461. The first-order valence-corrected chi connectivity index (χ1v) is 6.86. The molecule has 0 aromatic heterocycles. The number of rotatable bonds is 1. The molecule has 5 atom stereocenters. The van der Waals surface area contributed by atoms with Crippen LogP contribution in [0.2, 0.25) is 0 Å². The van der Waals surface area contributed by atoms with Crippen molar-refractivity contribution in [2.45, 2.75) is 50.3 Å². The second kappa shape index (κ2) is 4.28. The van der Waals surface area contributed by atoms with E-state index in [0.717, 1.165) is 6.42 Å². The second-order valence-corrected chi connectivity index (χ2v) is 6.09. The van der Waals surface area contributed by atoms with E-state index in [4.69, 9.17) is 0 Å². The Hall–Kier alpha value is -0.120. The monoisotopic (exact) mass is 224 g/mol. The molecule has 0 radical (unpaired) electrons. The normalized spacial score (nSPS) is 49.5. The number of nitrogens with zero attached hydrogens (tertiary/aromatic N) is 1. The molecule has 3 rings (SSSR count). The van der Waals surface area contributed by atoms with Crippen LogP contribution < -0.4 is 5.32 Å². The number of likely N-dealkylation sites (tertiary alicyclic amines) is 1. The summed E-state index contributed by atoms with van der Waals surface area (Å²) in [5, 5.41) is 14.0. The maximum absolute atomic E-state index is 10.3. The molecule has 3 saturated heterocycles. The molecule has 0 spiro atoms. The number of piperidine rings is 2. The molecule has 5 unspecified atom stereocenters. The summed E-state index contributed by atoms with van der Waals surface area (Å²) in [5.74, 6) is 1.23. The molecule has 3 nitrogen and oxygen atoms in total. The zero-order chi connectivity index (χ0) is 11.1. The van der Waals surface area contributed by atoms with Crippen molar-refractivity contribution in [3.05, 3.63) is 0 Å². The van der Waals surface area contributed by atoms with Gasteiger partial charge in [-0.15, -0.1) is 0 Å². The molecule has 16 heavy (non-hydrogen) atoms. The zero-order valence-electron chi connectivity index (χ0n) is 10.2. The van der Waals surface area contributed by atoms with Crippen LogP contribution in [0.1, 0.15) is 32.1 Å². The van der Waals surface area contributed by atoms with Crippen molar-refractivity contribution in [2.75, 3.05) is 20.1 Å².